The number of allylic oxidation sites excluding steroid dienone is 2. The summed E-state index contributed by atoms with van der Waals surface area (Å²) in [7, 11) is 0. The molecular weight excluding hydrogens is 603 g/mol. The second kappa shape index (κ2) is 22.6. The van der Waals surface area contributed by atoms with Gasteiger partial charge in [-0.3, -0.25) is 0 Å². The van der Waals surface area contributed by atoms with Crippen molar-refractivity contribution >= 4 is 11.4 Å². The van der Waals surface area contributed by atoms with Crippen LogP contribution in [0.3, 0.4) is 0 Å². The maximum absolute atomic E-state index is 12.4. The Labute approximate surface area is 294 Å². The third kappa shape index (κ3) is 11.9. The van der Waals surface area contributed by atoms with Crippen LogP contribution >= 0.6 is 0 Å². The molecule has 0 unspecified atom stereocenters. The van der Waals surface area contributed by atoms with Crippen molar-refractivity contribution < 1.29 is 21.2 Å². The molecule has 0 spiro atoms. The molecule has 0 saturated carbocycles. The van der Waals surface area contributed by atoms with Gasteiger partial charge >= 0.3 is 0 Å². The molecule has 1 aliphatic heterocycles. The summed E-state index contributed by atoms with van der Waals surface area (Å²) in [5.41, 5.74) is 25.5. The third-order valence-electron chi connectivity index (χ3n) is 9.60. The molecule has 2 nitrogen and oxygen atoms in total. The first-order chi connectivity index (χ1) is 22.0. The number of hydrogen-bond acceptors (Lipinski definition) is 0. The van der Waals surface area contributed by atoms with Gasteiger partial charge < -0.3 is 5.53 Å². The molecule has 3 heteroatoms. The van der Waals surface area contributed by atoms with Crippen molar-refractivity contribution in [1.29, 1.82) is 0 Å². The van der Waals surface area contributed by atoms with Crippen LogP contribution < -0.4 is 0 Å². The molecule has 0 saturated heterocycles. The minimum atomic E-state index is 0. The van der Waals surface area contributed by atoms with E-state index in [0.717, 1.165) is 62.8 Å². The Bertz CT molecular complexity index is 1210. The first-order valence-corrected chi connectivity index (χ1v) is 19.2. The van der Waals surface area contributed by atoms with E-state index >= 15 is 0 Å². The zero-order valence-corrected chi connectivity index (χ0v) is 31.5. The van der Waals surface area contributed by atoms with Gasteiger partial charge in [0.2, 0.25) is 11.4 Å². The van der Waals surface area contributed by atoms with E-state index in [-0.39, 0.29) is 16.5 Å². The second-order valence-corrected chi connectivity index (χ2v) is 13.7. The third-order valence-corrected chi connectivity index (χ3v) is 9.60. The summed E-state index contributed by atoms with van der Waals surface area (Å²) >= 11 is 0. The van der Waals surface area contributed by atoms with Gasteiger partial charge in [-0.25, -0.2) is 4.70 Å². The normalized spacial score (nSPS) is 13.2. The van der Waals surface area contributed by atoms with Gasteiger partial charge in [0.05, 0.1) is 0 Å². The topological polar surface area (TPSA) is 25.3 Å². The van der Waals surface area contributed by atoms with Crippen LogP contribution in [0, 0.1) is 0 Å². The van der Waals surface area contributed by atoms with Crippen LogP contribution in [-0.2, 0) is 42.2 Å². The molecule has 0 amide bonds. The van der Waals surface area contributed by atoms with Crippen molar-refractivity contribution in [3.8, 4) is 0 Å². The summed E-state index contributed by atoms with van der Waals surface area (Å²) in [5.74, 6) is 0. The Morgan fingerprint density at radius 3 is 1.02 bits per heavy atom. The van der Waals surface area contributed by atoms with E-state index in [1.54, 1.807) is 4.70 Å². The van der Waals surface area contributed by atoms with Crippen molar-refractivity contribution in [2.75, 3.05) is 0 Å². The minimum Gasteiger partial charge on any atom is -0.493 e. The molecule has 1 aliphatic rings. The fraction of sp³-hybridized carbons (Fsp3) is 0.628. The molecule has 0 fully saturated rings. The zero-order chi connectivity index (χ0) is 32.4. The van der Waals surface area contributed by atoms with Crippen LogP contribution in [-0.4, -0.2) is 4.70 Å². The first-order valence-electron chi connectivity index (χ1n) is 19.2. The molecule has 0 aromatic heterocycles. The van der Waals surface area contributed by atoms with E-state index in [4.69, 9.17) is 0 Å². The standard InChI is InChI=1S/C43H66N2.Ni/c1-7-13-19-24-36-29-37(25-20-14-8-2)33-39(32-36)42-40(26-18-12-6)41(27-21-15-9-3)43(45(42)44)38-30-34(22-16-10-4)28-35(31-38)23-17-11-5;/h28-33H,7-27H2,1-6H3;. The van der Waals surface area contributed by atoms with Gasteiger partial charge in [0, 0.05) is 38.8 Å². The fourth-order valence-corrected chi connectivity index (χ4v) is 6.99. The summed E-state index contributed by atoms with van der Waals surface area (Å²) in [5, 5.41) is 0. The minimum absolute atomic E-state index is 0. The van der Waals surface area contributed by atoms with Crippen molar-refractivity contribution in [1.82, 2.24) is 0 Å². The average Bonchev–Trinajstić information content (AvgIpc) is 3.32. The van der Waals surface area contributed by atoms with Crippen molar-refractivity contribution in [3.63, 3.8) is 0 Å². The van der Waals surface area contributed by atoms with E-state index in [1.807, 2.05) is 0 Å². The molecule has 46 heavy (non-hydrogen) atoms. The predicted molar refractivity (Wildman–Crippen MR) is 198 cm³/mol. The Morgan fingerprint density at radius 2 is 0.674 bits per heavy atom. The predicted octanol–water partition coefficient (Wildman–Crippen LogP) is 13.8. The summed E-state index contributed by atoms with van der Waals surface area (Å²) < 4.78 is 1.65. The van der Waals surface area contributed by atoms with Gasteiger partial charge in [0.25, 0.3) is 0 Å². The number of aryl methyl sites for hydroxylation is 4. The van der Waals surface area contributed by atoms with Crippen LogP contribution in [0.4, 0.5) is 0 Å². The van der Waals surface area contributed by atoms with Gasteiger partial charge in [0.1, 0.15) is 0 Å². The summed E-state index contributed by atoms with van der Waals surface area (Å²) in [6, 6.07) is 14.5. The van der Waals surface area contributed by atoms with Crippen molar-refractivity contribution in [2.24, 2.45) is 0 Å². The molecule has 258 valence electrons. The van der Waals surface area contributed by atoms with Crippen LogP contribution in [0.1, 0.15) is 184 Å². The molecule has 0 atom stereocenters. The van der Waals surface area contributed by atoms with Gasteiger partial charge in [-0.1, -0.05) is 111 Å². The van der Waals surface area contributed by atoms with Crippen molar-refractivity contribution in [3.05, 3.63) is 86.5 Å². The van der Waals surface area contributed by atoms with Crippen LogP contribution in [0.2, 0.25) is 0 Å². The van der Waals surface area contributed by atoms with Crippen molar-refractivity contribution in [2.45, 2.75) is 176 Å². The van der Waals surface area contributed by atoms with Crippen LogP contribution in [0.25, 0.3) is 16.9 Å². The average molecular weight is 670 g/mol. The van der Waals surface area contributed by atoms with E-state index in [1.165, 1.54) is 128 Å². The molecular formula is C43H66N2Ni. The Hall–Kier alpha value is -1.99. The van der Waals surface area contributed by atoms with Crippen LogP contribution in [0.15, 0.2) is 47.5 Å². The van der Waals surface area contributed by atoms with Crippen LogP contribution in [0.5, 0.6) is 0 Å². The molecule has 3 rings (SSSR count). The van der Waals surface area contributed by atoms with E-state index < -0.39 is 0 Å². The molecule has 0 aliphatic carbocycles. The number of rotatable bonds is 23. The quantitative estimate of drug-likeness (QED) is 0.0639. The van der Waals surface area contributed by atoms with Gasteiger partial charge in [-0.15, -0.1) is 0 Å². The maximum atomic E-state index is 12.4. The number of unbranched alkanes of at least 4 members (excludes halogenated alkanes) is 9. The summed E-state index contributed by atoms with van der Waals surface area (Å²) in [4.78, 5) is 0. The number of nitrogens with zero attached hydrogens (tertiary/aromatic N) is 2. The van der Waals surface area contributed by atoms with E-state index in [9.17, 15) is 5.53 Å². The molecule has 1 heterocycles. The number of hydrogen-bond donors (Lipinski definition) is 0. The molecule has 2 aromatic carbocycles. The fourth-order valence-electron chi connectivity index (χ4n) is 6.99. The van der Waals surface area contributed by atoms with Gasteiger partial charge in [-0.05, 0) is 124 Å². The summed E-state index contributed by atoms with van der Waals surface area (Å²) in [6.45, 7) is 13.7. The summed E-state index contributed by atoms with van der Waals surface area (Å²) in [6.07, 6.45) is 24.7. The molecule has 0 radical (unpaired) electrons. The Balaban J connectivity index is 0.00000736. The largest absolute Gasteiger partial charge is 0.493 e. The van der Waals surface area contributed by atoms with Gasteiger partial charge in [0.15, 0.2) is 0 Å². The van der Waals surface area contributed by atoms with E-state index in [0.29, 0.717) is 0 Å². The Kier molecular flexibility index (Phi) is 19.7. The molecule has 0 N–H and O–H groups in total. The maximum Gasteiger partial charge on any atom is 0.211 e. The molecule has 2 aromatic rings. The molecule has 0 bridgehead atoms. The number of benzene rings is 2. The van der Waals surface area contributed by atoms with E-state index in [2.05, 4.69) is 77.9 Å². The monoisotopic (exact) mass is 668 g/mol. The Morgan fingerprint density at radius 1 is 0.391 bits per heavy atom. The first kappa shape index (κ1) is 40.2. The zero-order valence-electron chi connectivity index (χ0n) is 30.5. The second-order valence-electron chi connectivity index (χ2n) is 13.7. The smallest absolute Gasteiger partial charge is 0.211 e. The van der Waals surface area contributed by atoms with Gasteiger partial charge in [-0.2, -0.15) is 0 Å². The SMILES string of the molecule is CCCCCC1=C(c2cc(CCCC)cc(CCCC)c2)[N+](=[N-])C(c2cc(CCCCC)cc(CCCCC)c2)=C1CCCC.[Ni].